The second-order valence-electron chi connectivity index (χ2n) is 7.12. The Morgan fingerprint density at radius 2 is 2.03 bits per heavy atom. The molecule has 2 aromatic rings. The van der Waals surface area contributed by atoms with Crippen LogP contribution in [0.3, 0.4) is 0 Å². The second-order valence-corrected chi connectivity index (χ2v) is 8.11. The molecule has 3 rings (SSSR count). The molecule has 156 valence electrons. The van der Waals surface area contributed by atoms with Crippen LogP contribution in [-0.4, -0.2) is 74.4 Å². The Balaban J connectivity index is 1.91. The maximum absolute atomic E-state index is 12.8. The summed E-state index contributed by atoms with van der Waals surface area (Å²) in [6.45, 7) is 2.71. The lowest BCUT2D eigenvalue weighted by atomic mass is 10.1. The smallest absolute Gasteiger partial charge is 0.407 e. The number of nitrogens with two attached hydrogens (primary N) is 1. The molecule has 0 bridgehead atoms. The number of thioether (sulfide) groups is 1. The van der Waals surface area contributed by atoms with Gasteiger partial charge in [-0.25, -0.2) is 9.48 Å². The average molecular weight is 418 g/mol. The van der Waals surface area contributed by atoms with Crippen molar-refractivity contribution in [3.05, 3.63) is 47.8 Å². The summed E-state index contributed by atoms with van der Waals surface area (Å²) >= 11 is 1.65. The number of hydrogen-bond donors (Lipinski definition) is 2. The molecule has 0 aliphatic carbocycles. The molecule has 0 radical (unpaired) electrons. The number of piperazine rings is 1. The zero-order valence-corrected chi connectivity index (χ0v) is 17.5. The SMILES string of the molecule is CSCCC(N)C(=O)N1CCN(C(=O)O)[C@H](c2cc(C)nn2-c2ccccc2)C1. The van der Waals surface area contributed by atoms with Crippen molar-refractivity contribution in [2.45, 2.75) is 25.4 Å². The first-order chi connectivity index (χ1) is 13.9. The van der Waals surface area contributed by atoms with E-state index in [2.05, 4.69) is 5.10 Å². The summed E-state index contributed by atoms with van der Waals surface area (Å²) in [6, 6.07) is 10.4. The van der Waals surface area contributed by atoms with Crippen LogP contribution in [0, 0.1) is 6.92 Å². The number of carbonyl (C=O) groups is 2. The summed E-state index contributed by atoms with van der Waals surface area (Å²) in [7, 11) is 0. The molecule has 2 heterocycles. The summed E-state index contributed by atoms with van der Waals surface area (Å²) in [5, 5.41) is 14.3. The third-order valence-electron chi connectivity index (χ3n) is 5.09. The van der Waals surface area contributed by atoms with Gasteiger partial charge in [-0.05, 0) is 43.6 Å². The third-order valence-corrected chi connectivity index (χ3v) is 5.73. The van der Waals surface area contributed by atoms with Gasteiger partial charge in [0.2, 0.25) is 5.91 Å². The van der Waals surface area contributed by atoms with Gasteiger partial charge in [0.05, 0.1) is 29.2 Å². The Hall–Kier alpha value is -2.52. The number of aromatic nitrogens is 2. The van der Waals surface area contributed by atoms with Gasteiger partial charge in [-0.3, -0.25) is 9.69 Å². The summed E-state index contributed by atoms with van der Waals surface area (Å²) in [5.74, 6) is 0.683. The highest BCUT2D eigenvalue weighted by Gasteiger charge is 2.36. The highest BCUT2D eigenvalue weighted by molar-refractivity contribution is 7.98. The molecule has 0 saturated carbocycles. The number of rotatable bonds is 6. The lowest BCUT2D eigenvalue weighted by Crippen LogP contribution is -2.55. The van der Waals surface area contributed by atoms with Crippen LogP contribution in [0.5, 0.6) is 0 Å². The first-order valence-electron chi connectivity index (χ1n) is 9.57. The number of carbonyl (C=O) groups excluding carboxylic acids is 1. The first-order valence-corrected chi connectivity index (χ1v) is 11.0. The third kappa shape index (κ3) is 4.73. The van der Waals surface area contributed by atoms with E-state index in [0.717, 1.165) is 22.8 Å². The monoisotopic (exact) mass is 417 g/mol. The molecule has 1 aliphatic rings. The number of nitrogens with zero attached hydrogens (tertiary/aromatic N) is 4. The van der Waals surface area contributed by atoms with Gasteiger partial charge in [-0.15, -0.1) is 0 Å². The molecule has 3 N–H and O–H groups in total. The predicted molar refractivity (Wildman–Crippen MR) is 113 cm³/mol. The van der Waals surface area contributed by atoms with E-state index in [1.165, 1.54) is 4.90 Å². The lowest BCUT2D eigenvalue weighted by molar-refractivity contribution is -0.135. The Bertz CT molecular complexity index is 857. The van der Waals surface area contributed by atoms with Gasteiger partial charge in [0.1, 0.15) is 0 Å². The van der Waals surface area contributed by atoms with Crippen molar-refractivity contribution in [3.8, 4) is 5.69 Å². The van der Waals surface area contributed by atoms with Crippen LogP contribution >= 0.6 is 11.8 Å². The van der Waals surface area contributed by atoms with Crippen LogP contribution < -0.4 is 5.73 Å². The highest BCUT2D eigenvalue weighted by Crippen LogP contribution is 2.28. The summed E-state index contributed by atoms with van der Waals surface area (Å²) in [6.07, 6.45) is 1.57. The van der Waals surface area contributed by atoms with Crippen LogP contribution in [0.15, 0.2) is 36.4 Å². The molecule has 1 aromatic heterocycles. The highest BCUT2D eigenvalue weighted by atomic mass is 32.2. The maximum atomic E-state index is 12.8. The molecule has 9 heteroatoms. The summed E-state index contributed by atoms with van der Waals surface area (Å²) in [5.41, 5.74) is 8.46. The number of para-hydroxylation sites is 1. The number of benzene rings is 1. The van der Waals surface area contributed by atoms with Crippen LogP contribution in [0.25, 0.3) is 5.69 Å². The first kappa shape index (κ1) is 21.2. The van der Waals surface area contributed by atoms with Gasteiger partial charge in [0, 0.05) is 19.6 Å². The number of hydrogen-bond acceptors (Lipinski definition) is 5. The maximum Gasteiger partial charge on any atom is 0.407 e. The van der Waals surface area contributed by atoms with Crippen molar-refractivity contribution in [2.24, 2.45) is 5.73 Å². The van der Waals surface area contributed by atoms with Crippen molar-refractivity contribution >= 4 is 23.8 Å². The molecule has 2 atom stereocenters. The molecular formula is C20H27N5O3S. The van der Waals surface area contributed by atoms with Crippen molar-refractivity contribution in [3.63, 3.8) is 0 Å². The zero-order valence-electron chi connectivity index (χ0n) is 16.7. The van der Waals surface area contributed by atoms with Crippen molar-refractivity contribution < 1.29 is 14.7 Å². The molecule has 1 saturated heterocycles. The Morgan fingerprint density at radius 1 is 1.31 bits per heavy atom. The van der Waals surface area contributed by atoms with E-state index in [9.17, 15) is 14.7 Å². The van der Waals surface area contributed by atoms with E-state index < -0.39 is 18.2 Å². The van der Waals surface area contributed by atoms with E-state index in [1.54, 1.807) is 21.3 Å². The fraction of sp³-hybridized carbons (Fsp3) is 0.450. The Labute approximate surface area is 174 Å². The number of aryl methyl sites for hydroxylation is 1. The molecule has 2 amide bonds. The fourth-order valence-electron chi connectivity index (χ4n) is 3.60. The second kappa shape index (κ2) is 9.32. The van der Waals surface area contributed by atoms with E-state index in [-0.39, 0.29) is 19.0 Å². The molecule has 0 spiro atoms. The Kier molecular flexibility index (Phi) is 6.81. The van der Waals surface area contributed by atoms with Crippen LogP contribution in [-0.2, 0) is 4.79 Å². The van der Waals surface area contributed by atoms with Crippen molar-refractivity contribution in [1.29, 1.82) is 0 Å². The molecular weight excluding hydrogens is 390 g/mol. The van der Waals surface area contributed by atoms with E-state index in [0.29, 0.717) is 13.0 Å². The summed E-state index contributed by atoms with van der Waals surface area (Å²) < 4.78 is 1.76. The van der Waals surface area contributed by atoms with Crippen LogP contribution in [0.4, 0.5) is 4.79 Å². The molecule has 8 nitrogen and oxygen atoms in total. The van der Waals surface area contributed by atoms with Gasteiger partial charge >= 0.3 is 6.09 Å². The zero-order chi connectivity index (χ0) is 21.0. The normalized spacial score (nSPS) is 18.0. The van der Waals surface area contributed by atoms with Crippen LogP contribution in [0.2, 0.25) is 0 Å². The van der Waals surface area contributed by atoms with Gasteiger partial charge in [0.15, 0.2) is 0 Å². The molecule has 29 heavy (non-hydrogen) atoms. The summed E-state index contributed by atoms with van der Waals surface area (Å²) in [4.78, 5) is 27.8. The molecule has 1 unspecified atom stereocenters. The number of amides is 2. The standard InChI is InChI=1S/C20H27N5O3S/c1-14-12-17(25(22-14)15-6-4-3-5-7-15)18-13-23(9-10-24(18)20(27)28)19(26)16(21)8-11-29-2/h3-7,12,16,18H,8-11,13,21H2,1-2H3,(H,27,28)/t16?,18-/m0/s1. The van der Waals surface area contributed by atoms with E-state index in [4.69, 9.17) is 5.73 Å². The minimum atomic E-state index is -1.01. The Morgan fingerprint density at radius 3 is 2.69 bits per heavy atom. The minimum Gasteiger partial charge on any atom is -0.465 e. The molecule has 1 aliphatic heterocycles. The predicted octanol–water partition coefficient (Wildman–Crippen LogP) is 2.12. The lowest BCUT2D eigenvalue weighted by Gasteiger charge is -2.40. The minimum absolute atomic E-state index is 0.128. The van der Waals surface area contributed by atoms with Crippen LogP contribution in [0.1, 0.15) is 23.9 Å². The van der Waals surface area contributed by atoms with Gasteiger partial charge in [-0.2, -0.15) is 16.9 Å². The number of carboxylic acid groups (broad SMARTS) is 1. The average Bonchev–Trinajstić information content (AvgIpc) is 3.13. The quantitative estimate of drug-likeness (QED) is 0.746. The van der Waals surface area contributed by atoms with E-state index >= 15 is 0 Å². The molecule has 1 aromatic carbocycles. The van der Waals surface area contributed by atoms with Gasteiger partial charge in [-0.1, -0.05) is 18.2 Å². The van der Waals surface area contributed by atoms with E-state index in [1.807, 2.05) is 49.6 Å². The van der Waals surface area contributed by atoms with Gasteiger partial charge < -0.3 is 15.7 Å². The van der Waals surface area contributed by atoms with Gasteiger partial charge in [0.25, 0.3) is 0 Å². The molecule has 1 fully saturated rings. The largest absolute Gasteiger partial charge is 0.465 e. The fourth-order valence-corrected chi connectivity index (χ4v) is 4.09. The van der Waals surface area contributed by atoms with Crippen molar-refractivity contribution in [2.75, 3.05) is 31.6 Å². The topological polar surface area (TPSA) is 105 Å². The van der Waals surface area contributed by atoms with Crippen molar-refractivity contribution in [1.82, 2.24) is 19.6 Å².